The van der Waals surface area contributed by atoms with E-state index in [4.69, 9.17) is 19.0 Å². The van der Waals surface area contributed by atoms with Crippen molar-refractivity contribution in [1.29, 1.82) is 0 Å². The molecule has 0 bridgehead atoms. The van der Waals surface area contributed by atoms with Crippen molar-refractivity contribution in [1.82, 2.24) is 30.3 Å². The number of urea groups is 2. The van der Waals surface area contributed by atoms with Crippen LogP contribution in [0.3, 0.4) is 0 Å². The van der Waals surface area contributed by atoms with Gasteiger partial charge in [0.15, 0.2) is 0 Å². The third-order valence-electron chi connectivity index (χ3n) is 8.76. The summed E-state index contributed by atoms with van der Waals surface area (Å²) in [6.45, 7) is 1.05. The molecule has 1 aromatic heterocycles. The first-order valence-electron chi connectivity index (χ1n) is 16.2. The number of hydrogen-bond acceptors (Lipinski definition) is 12. The number of aromatic nitrogens is 3. The van der Waals surface area contributed by atoms with Crippen molar-refractivity contribution in [2.24, 2.45) is 0 Å². The second-order valence-electron chi connectivity index (χ2n) is 12.0. The van der Waals surface area contributed by atoms with Crippen LogP contribution in [0, 0.1) is 0 Å². The molecule has 0 saturated carbocycles. The average Bonchev–Trinajstić information content (AvgIpc) is 3.80. The highest BCUT2D eigenvalue weighted by Gasteiger charge is 2.54. The summed E-state index contributed by atoms with van der Waals surface area (Å²) in [5, 5.41) is 14.6. The number of carbonyl (C=O) groups excluding carboxylic acids is 6. The van der Waals surface area contributed by atoms with Crippen LogP contribution >= 0.6 is 0 Å². The van der Waals surface area contributed by atoms with E-state index in [0.717, 1.165) is 4.90 Å². The van der Waals surface area contributed by atoms with Crippen molar-refractivity contribution in [3.8, 4) is 22.8 Å². The molecule has 7 amide bonds. The minimum Gasteiger partial charge on any atom is -0.497 e. The van der Waals surface area contributed by atoms with Gasteiger partial charge < -0.3 is 34.6 Å². The molecule has 268 valence electrons. The number of benzene rings is 2. The standard InChI is InChI=1S/C33H36N8O10/c1-48-23-6-7-26(49-2)25(19-23)40-30(45)33(35-32(40)47)11-13-38(14-12-33)31(46)34-22-5-3-4-21(18-22)24-20-39(37-36-24)15-17-50-16-10-29(44)51-41-27(42)8-9-28(41)43/h3-7,18-20H,8-17H2,1-2H3,(H,34,46)(H,35,47). The van der Waals surface area contributed by atoms with Crippen LogP contribution in [-0.2, 0) is 35.3 Å². The summed E-state index contributed by atoms with van der Waals surface area (Å²) >= 11 is 0. The number of hydroxylamine groups is 2. The van der Waals surface area contributed by atoms with E-state index in [2.05, 4.69) is 20.9 Å². The van der Waals surface area contributed by atoms with E-state index < -0.39 is 35.3 Å². The van der Waals surface area contributed by atoms with Crippen molar-refractivity contribution < 1.29 is 47.8 Å². The number of methoxy groups -OCH3 is 2. The number of amides is 7. The van der Waals surface area contributed by atoms with Crippen LogP contribution in [0.5, 0.6) is 11.5 Å². The number of ether oxygens (including phenoxy) is 3. The van der Waals surface area contributed by atoms with E-state index in [1.165, 1.54) is 14.2 Å². The minimum atomic E-state index is -1.15. The van der Waals surface area contributed by atoms with Crippen LogP contribution in [0.25, 0.3) is 11.3 Å². The molecule has 6 rings (SSSR count). The van der Waals surface area contributed by atoms with Crippen LogP contribution in [0.4, 0.5) is 21.0 Å². The molecule has 0 aliphatic carbocycles. The second kappa shape index (κ2) is 14.8. The first-order chi connectivity index (χ1) is 24.6. The van der Waals surface area contributed by atoms with Gasteiger partial charge in [-0.1, -0.05) is 17.3 Å². The summed E-state index contributed by atoms with van der Waals surface area (Å²) in [7, 11) is 2.94. The lowest BCUT2D eigenvalue weighted by atomic mass is 9.87. The smallest absolute Gasteiger partial charge is 0.335 e. The molecule has 3 saturated heterocycles. The largest absolute Gasteiger partial charge is 0.497 e. The third-order valence-corrected chi connectivity index (χ3v) is 8.76. The monoisotopic (exact) mass is 704 g/mol. The molecular weight excluding hydrogens is 668 g/mol. The summed E-state index contributed by atoms with van der Waals surface area (Å²) in [6, 6.07) is 11.0. The lowest BCUT2D eigenvalue weighted by Crippen LogP contribution is -2.56. The van der Waals surface area contributed by atoms with Crippen molar-refractivity contribution >= 4 is 47.1 Å². The lowest BCUT2D eigenvalue weighted by Gasteiger charge is -2.37. The molecule has 18 nitrogen and oxygen atoms in total. The summed E-state index contributed by atoms with van der Waals surface area (Å²) in [5.41, 5.74) is 0.918. The molecule has 4 heterocycles. The fourth-order valence-corrected chi connectivity index (χ4v) is 5.96. The molecule has 51 heavy (non-hydrogen) atoms. The molecule has 2 N–H and O–H groups in total. The van der Waals surface area contributed by atoms with Gasteiger partial charge in [0.1, 0.15) is 22.7 Å². The molecule has 1 spiro atoms. The molecule has 3 aliphatic heterocycles. The van der Waals surface area contributed by atoms with E-state index in [1.807, 2.05) is 6.07 Å². The predicted octanol–water partition coefficient (Wildman–Crippen LogP) is 2.10. The summed E-state index contributed by atoms with van der Waals surface area (Å²) in [4.78, 5) is 82.4. The molecule has 3 fully saturated rings. The Morgan fingerprint density at radius 3 is 2.45 bits per heavy atom. The summed E-state index contributed by atoms with van der Waals surface area (Å²) in [6.07, 6.45) is 2.08. The van der Waals surface area contributed by atoms with Gasteiger partial charge in [0.05, 0.1) is 52.3 Å². The van der Waals surface area contributed by atoms with Gasteiger partial charge in [0.2, 0.25) is 0 Å². The van der Waals surface area contributed by atoms with Crippen LogP contribution in [0.2, 0.25) is 0 Å². The topological polar surface area (TPSA) is 204 Å². The van der Waals surface area contributed by atoms with Gasteiger partial charge in [-0.25, -0.2) is 24.0 Å². The number of carbonyl (C=O) groups is 6. The Morgan fingerprint density at radius 2 is 1.73 bits per heavy atom. The number of nitrogens with one attached hydrogen (secondary N) is 2. The number of anilines is 2. The van der Waals surface area contributed by atoms with E-state index in [1.54, 1.807) is 52.2 Å². The highest BCUT2D eigenvalue weighted by Crippen LogP contribution is 2.38. The van der Waals surface area contributed by atoms with E-state index in [9.17, 15) is 28.8 Å². The number of rotatable bonds is 12. The fourth-order valence-electron chi connectivity index (χ4n) is 5.96. The van der Waals surface area contributed by atoms with E-state index in [-0.39, 0.29) is 70.1 Å². The van der Waals surface area contributed by atoms with Crippen LogP contribution in [0.15, 0.2) is 48.7 Å². The number of imide groups is 2. The maximum Gasteiger partial charge on any atom is 0.335 e. The molecule has 18 heteroatoms. The van der Waals surface area contributed by atoms with Crippen molar-refractivity contribution in [3.05, 3.63) is 48.7 Å². The lowest BCUT2D eigenvalue weighted by molar-refractivity contribution is -0.198. The Balaban J connectivity index is 0.974. The van der Waals surface area contributed by atoms with Crippen molar-refractivity contribution in [2.45, 2.75) is 44.2 Å². The third kappa shape index (κ3) is 7.45. The van der Waals surface area contributed by atoms with Crippen molar-refractivity contribution in [3.63, 3.8) is 0 Å². The number of nitrogens with zero attached hydrogens (tertiary/aromatic N) is 6. The van der Waals surface area contributed by atoms with Gasteiger partial charge in [-0.3, -0.25) is 14.4 Å². The van der Waals surface area contributed by atoms with E-state index in [0.29, 0.717) is 40.1 Å². The first-order valence-corrected chi connectivity index (χ1v) is 16.2. The molecule has 0 unspecified atom stereocenters. The Labute approximate surface area is 291 Å². The SMILES string of the molecule is COc1ccc(OC)c(N2C(=O)NC3(CCN(C(=O)Nc4cccc(-c5cn(CCOCCC(=O)ON6C(=O)CCC6=O)nn5)c4)CC3)C2=O)c1. The average molecular weight is 705 g/mol. The second-order valence-corrected chi connectivity index (χ2v) is 12.0. The Morgan fingerprint density at radius 1 is 0.961 bits per heavy atom. The highest BCUT2D eigenvalue weighted by atomic mass is 16.7. The Bertz CT molecular complexity index is 1840. The van der Waals surface area contributed by atoms with Gasteiger partial charge in [0.25, 0.3) is 17.7 Å². The first kappa shape index (κ1) is 34.8. The molecule has 0 atom stereocenters. The number of hydrogen-bond donors (Lipinski definition) is 2. The zero-order valence-corrected chi connectivity index (χ0v) is 28.0. The zero-order valence-electron chi connectivity index (χ0n) is 28.0. The normalized spacial score (nSPS) is 16.9. The minimum absolute atomic E-state index is 0.0251. The van der Waals surface area contributed by atoms with Crippen LogP contribution < -0.4 is 25.0 Å². The highest BCUT2D eigenvalue weighted by molar-refractivity contribution is 6.24. The van der Waals surface area contributed by atoms with Crippen molar-refractivity contribution in [2.75, 3.05) is 50.7 Å². The zero-order chi connectivity index (χ0) is 36.1. The van der Waals surface area contributed by atoms with Gasteiger partial charge >= 0.3 is 18.0 Å². The molecule has 3 aromatic rings. The Hall–Kier alpha value is -6.04. The number of piperidine rings is 1. The van der Waals surface area contributed by atoms with E-state index >= 15 is 0 Å². The van der Waals surface area contributed by atoms with Crippen LogP contribution in [0.1, 0.15) is 32.1 Å². The van der Waals surface area contributed by atoms with Gasteiger partial charge in [-0.2, -0.15) is 0 Å². The quantitative estimate of drug-likeness (QED) is 0.158. The summed E-state index contributed by atoms with van der Waals surface area (Å²) < 4.78 is 17.7. The molecule has 2 aromatic carbocycles. The predicted molar refractivity (Wildman–Crippen MR) is 176 cm³/mol. The molecule has 3 aliphatic rings. The van der Waals surface area contributed by atoms with Crippen LogP contribution in [-0.4, -0.2) is 107 Å². The maximum absolute atomic E-state index is 13.7. The fraction of sp³-hybridized carbons (Fsp3) is 0.394. The maximum atomic E-state index is 13.7. The summed E-state index contributed by atoms with van der Waals surface area (Å²) in [5.74, 6) is -1.43. The van der Waals surface area contributed by atoms with Gasteiger partial charge in [-0.15, -0.1) is 10.2 Å². The molecular formula is C33H36N8O10. The number of likely N-dealkylation sites (tertiary alicyclic amines) is 1. The van der Waals surface area contributed by atoms with Gasteiger partial charge in [0, 0.05) is 43.2 Å². The molecule has 0 radical (unpaired) electrons. The Kier molecular flexibility index (Phi) is 10.1. The van der Waals surface area contributed by atoms with Gasteiger partial charge in [-0.05, 0) is 37.1 Å².